The molecule has 1 heterocycles. The number of ether oxygens (including phenoxy) is 1. The third-order valence-corrected chi connectivity index (χ3v) is 1.82. The Kier molecular flexibility index (Phi) is 4.31. The lowest BCUT2D eigenvalue weighted by atomic mass is 10.2. The Hall–Kier alpha value is -1.78. The van der Waals surface area contributed by atoms with Crippen LogP contribution in [0.3, 0.4) is 0 Å². The number of hydrogen-bond donors (Lipinski definition) is 1. The van der Waals surface area contributed by atoms with E-state index in [9.17, 15) is 9.59 Å². The predicted octanol–water partition coefficient (Wildman–Crippen LogP) is 2.38. The molecule has 5 heteroatoms. The molecule has 0 atom stereocenters. The van der Waals surface area contributed by atoms with Crippen LogP contribution < -0.4 is 5.32 Å². The van der Waals surface area contributed by atoms with Crippen molar-refractivity contribution in [2.45, 2.75) is 32.8 Å². The van der Waals surface area contributed by atoms with Gasteiger partial charge in [-0.15, -0.1) is 0 Å². The van der Waals surface area contributed by atoms with Crippen LogP contribution in [0.25, 0.3) is 0 Å². The maximum Gasteiger partial charge on any atom is 0.407 e. The Morgan fingerprint density at radius 1 is 1.41 bits per heavy atom. The van der Waals surface area contributed by atoms with Gasteiger partial charge in [-0.3, -0.25) is 4.79 Å². The van der Waals surface area contributed by atoms with E-state index in [2.05, 4.69) is 5.32 Å². The van der Waals surface area contributed by atoms with Crippen molar-refractivity contribution < 1.29 is 18.7 Å². The van der Waals surface area contributed by atoms with Crippen LogP contribution in [0.1, 0.15) is 37.7 Å². The molecule has 1 N–H and O–H groups in total. The zero-order valence-electron chi connectivity index (χ0n) is 10.3. The Morgan fingerprint density at radius 3 is 2.65 bits per heavy atom. The monoisotopic (exact) mass is 239 g/mol. The molecule has 0 saturated heterocycles. The molecular weight excluding hydrogens is 222 g/mol. The Morgan fingerprint density at radius 2 is 2.12 bits per heavy atom. The molecule has 1 aromatic heterocycles. The van der Waals surface area contributed by atoms with E-state index < -0.39 is 11.7 Å². The summed E-state index contributed by atoms with van der Waals surface area (Å²) in [5.41, 5.74) is -0.533. The molecule has 0 unspecified atom stereocenters. The molecule has 0 aliphatic carbocycles. The number of amides is 1. The number of carbonyl (C=O) groups excluding carboxylic acids is 2. The number of rotatable bonds is 4. The van der Waals surface area contributed by atoms with Crippen molar-refractivity contribution in [3.8, 4) is 0 Å². The van der Waals surface area contributed by atoms with Crippen molar-refractivity contribution in [1.29, 1.82) is 0 Å². The van der Waals surface area contributed by atoms with Gasteiger partial charge in [0, 0.05) is 13.0 Å². The maximum atomic E-state index is 11.5. The fourth-order valence-electron chi connectivity index (χ4n) is 1.15. The summed E-state index contributed by atoms with van der Waals surface area (Å²) in [6.07, 6.45) is 1.10. The number of alkyl carbamates (subject to hydrolysis) is 1. The molecule has 0 aliphatic rings. The summed E-state index contributed by atoms with van der Waals surface area (Å²) in [5.74, 6) is 0.155. The summed E-state index contributed by atoms with van der Waals surface area (Å²) >= 11 is 0. The van der Waals surface area contributed by atoms with Crippen molar-refractivity contribution in [1.82, 2.24) is 5.32 Å². The minimum Gasteiger partial charge on any atom is -0.461 e. The summed E-state index contributed by atoms with van der Waals surface area (Å²) in [7, 11) is 0. The van der Waals surface area contributed by atoms with Crippen LogP contribution in [0.15, 0.2) is 22.8 Å². The highest BCUT2D eigenvalue weighted by Gasteiger charge is 2.16. The highest BCUT2D eigenvalue weighted by atomic mass is 16.6. The van der Waals surface area contributed by atoms with Crippen LogP contribution in [0.2, 0.25) is 0 Å². The Balaban J connectivity index is 2.24. The zero-order chi connectivity index (χ0) is 12.9. The minimum atomic E-state index is -0.533. The van der Waals surface area contributed by atoms with E-state index in [1.165, 1.54) is 6.26 Å². The Labute approximate surface area is 100 Å². The zero-order valence-corrected chi connectivity index (χ0v) is 10.3. The van der Waals surface area contributed by atoms with Gasteiger partial charge in [-0.1, -0.05) is 0 Å². The summed E-state index contributed by atoms with van der Waals surface area (Å²) in [5, 5.41) is 2.51. The van der Waals surface area contributed by atoms with E-state index in [0.29, 0.717) is 5.76 Å². The van der Waals surface area contributed by atoms with Gasteiger partial charge in [0.15, 0.2) is 11.5 Å². The number of hydrogen-bond acceptors (Lipinski definition) is 4. The molecule has 0 aromatic carbocycles. The van der Waals surface area contributed by atoms with Crippen molar-refractivity contribution in [3.63, 3.8) is 0 Å². The molecular formula is C12H17NO4. The lowest BCUT2D eigenvalue weighted by molar-refractivity contribution is 0.0527. The highest BCUT2D eigenvalue weighted by molar-refractivity contribution is 5.93. The van der Waals surface area contributed by atoms with Crippen LogP contribution in [0, 0.1) is 0 Å². The number of Topliss-reactive ketones (excluding diaryl/α,β-unsaturated/α-hetero) is 1. The van der Waals surface area contributed by atoms with Crippen LogP contribution in [0.5, 0.6) is 0 Å². The number of furan rings is 1. The molecule has 0 bridgehead atoms. The lowest BCUT2D eigenvalue weighted by Crippen LogP contribution is -2.33. The van der Waals surface area contributed by atoms with Gasteiger partial charge in [-0.25, -0.2) is 4.79 Å². The molecule has 0 fully saturated rings. The SMILES string of the molecule is CC(C)(C)OC(=O)NCCC(=O)c1ccco1. The first-order valence-corrected chi connectivity index (χ1v) is 5.42. The first-order valence-electron chi connectivity index (χ1n) is 5.42. The molecule has 5 nitrogen and oxygen atoms in total. The Bertz CT molecular complexity index is 376. The van der Waals surface area contributed by atoms with Gasteiger partial charge in [-0.05, 0) is 32.9 Å². The number of carbonyl (C=O) groups is 2. The summed E-state index contributed by atoms with van der Waals surface area (Å²) in [6, 6.07) is 3.24. The van der Waals surface area contributed by atoms with E-state index in [0.717, 1.165) is 0 Å². The van der Waals surface area contributed by atoms with Gasteiger partial charge < -0.3 is 14.5 Å². The molecule has 0 radical (unpaired) electrons. The van der Waals surface area contributed by atoms with Crippen LogP contribution in [-0.4, -0.2) is 24.0 Å². The van der Waals surface area contributed by atoms with Crippen LogP contribution in [-0.2, 0) is 4.74 Å². The molecule has 1 aromatic rings. The lowest BCUT2D eigenvalue weighted by Gasteiger charge is -2.19. The van der Waals surface area contributed by atoms with Gasteiger partial charge in [-0.2, -0.15) is 0 Å². The molecule has 1 rings (SSSR count). The minimum absolute atomic E-state index is 0.147. The fourth-order valence-corrected chi connectivity index (χ4v) is 1.15. The highest BCUT2D eigenvalue weighted by Crippen LogP contribution is 2.07. The predicted molar refractivity (Wildman–Crippen MR) is 61.9 cm³/mol. The third-order valence-electron chi connectivity index (χ3n) is 1.82. The van der Waals surface area contributed by atoms with E-state index >= 15 is 0 Å². The molecule has 17 heavy (non-hydrogen) atoms. The normalized spacial score (nSPS) is 11.0. The van der Waals surface area contributed by atoms with Gasteiger partial charge in [0.2, 0.25) is 0 Å². The molecule has 0 aliphatic heterocycles. The summed E-state index contributed by atoms with van der Waals surface area (Å²) in [6.45, 7) is 5.57. The van der Waals surface area contributed by atoms with E-state index in [1.54, 1.807) is 32.9 Å². The van der Waals surface area contributed by atoms with Crippen molar-refractivity contribution in [2.75, 3.05) is 6.54 Å². The van der Waals surface area contributed by atoms with E-state index in [4.69, 9.17) is 9.15 Å². The number of ketones is 1. The van der Waals surface area contributed by atoms with E-state index in [1.807, 2.05) is 0 Å². The summed E-state index contributed by atoms with van der Waals surface area (Å²) < 4.78 is 9.97. The van der Waals surface area contributed by atoms with Crippen molar-refractivity contribution in [2.24, 2.45) is 0 Å². The number of nitrogens with one attached hydrogen (secondary N) is 1. The first kappa shape index (κ1) is 13.3. The standard InChI is InChI=1S/C12H17NO4/c1-12(2,3)17-11(15)13-7-6-9(14)10-5-4-8-16-10/h4-5,8H,6-7H2,1-3H3,(H,13,15). The first-order chi connectivity index (χ1) is 7.88. The topological polar surface area (TPSA) is 68.5 Å². The molecule has 0 spiro atoms. The molecule has 1 amide bonds. The largest absolute Gasteiger partial charge is 0.461 e. The second kappa shape index (κ2) is 5.52. The second-order valence-corrected chi connectivity index (χ2v) is 4.58. The third kappa shape index (κ3) is 5.19. The average molecular weight is 239 g/mol. The molecule has 0 saturated carbocycles. The summed E-state index contributed by atoms with van der Waals surface area (Å²) in [4.78, 5) is 22.7. The average Bonchev–Trinajstić information content (AvgIpc) is 2.66. The smallest absolute Gasteiger partial charge is 0.407 e. The van der Waals surface area contributed by atoms with Gasteiger partial charge in [0.1, 0.15) is 5.60 Å². The second-order valence-electron chi connectivity index (χ2n) is 4.58. The van der Waals surface area contributed by atoms with Crippen molar-refractivity contribution in [3.05, 3.63) is 24.2 Å². The molecule has 94 valence electrons. The fraction of sp³-hybridized carbons (Fsp3) is 0.500. The maximum absolute atomic E-state index is 11.5. The van der Waals surface area contributed by atoms with Gasteiger partial charge in [0.25, 0.3) is 0 Å². The van der Waals surface area contributed by atoms with Crippen molar-refractivity contribution >= 4 is 11.9 Å². The van der Waals surface area contributed by atoms with Crippen LogP contribution in [0.4, 0.5) is 4.79 Å². The van der Waals surface area contributed by atoms with Gasteiger partial charge in [0.05, 0.1) is 6.26 Å². The van der Waals surface area contributed by atoms with Gasteiger partial charge >= 0.3 is 6.09 Å². The quantitative estimate of drug-likeness (QED) is 0.819. The van der Waals surface area contributed by atoms with E-state index in [-0.39, 0.29) is 18.7 Å². The van der Waals surface area contributed by atoms with Crippen LogP contribution >= 0.6 is 0 Å².